The number of hydrogen-bond acceptors (Lipinski definition) is 4. The Morgan fingerprint density at radius 3 is 2.60 bits per heavy atom. The average Bonchev–Trinajstić information content (AvgIpc) is 2.83. The van der Waals surface area contributed by atoms with Crippen LogP contribution in [0.2, 0.25) is 0 Å². The van der Waals surface area contributed by atoms with E-state index in [1.165, 1.54) is 0 Å². The van der Waals surface area contributed by atoms with Crippen molar-refractivity contribution < 1.29 is 14.1 Å². The van der Waals surface area contributed by atoms with Gasteiger partial charge in [-0.15, -0.1) is 0 Å². The molecule has 0 saturated carbocycles. The van der Waals surface area contributed by atoms with Gasteiger partial charge in [0.15, 0.2) is 5.82 Å². The molecule has 1 heterocycles. The molecular formula is C14H15N3O3. The maximum Gasteiger partial charge on any atom is 0.245 e. The SMILES string of the molecule is Cc1cc(NC(=O)CNC(=O)Cc2ccccc2)no1. The molecule has 1 aromatic heterocycles. The van der Waals surface area contributed by atoms with Crippen LogP contribution in [0.5, 0.6) is 0 Å². The van der Waals surface area contributed by atoms with Crippen molar-refractivity contribution in [2.45, 2.75) is 13.3 Å². The third kappa shape index (κ3) is 4.24. The summed E-state index contributed by atoms with van der Waals surface area (Å²) in [6.07, 6.45) is 0.247. The van der Waals surface area contributed by atoms with Gasteiger partial charge in [-0.1, -0.05) is 35.5 Å². The fraction of sp³-hybridized carbons (Fsp3) is 0.214. The minimum Gasteiger partial charge on any atom is -0.360 e. The maximum atomic E-state index is 11.6. The summed E-state index contributed by atoms with van der Waals surface area (Å²) in [6.45, 7) is 1.63. The lowest BCUT2D eigenvalue weighted by atomic mass is 10.1. The first kappa shape index (κ1) is 13.8. The summed E-state index contributed by atoms with van der Waals surface area (Å²) >= 11 is 0. The van der Waals surface area contributed by atoms with E-state index in [9.17, 15) is 9.59 Å². The Balaban J connectivity index is 1.74. The molecule has 6 nitrogen and oxygen atoms in total. The van der Waals surface area contributed by atoms with Gasteiger partial charge in [0, 0.05) is 6.07 Å². The predicted octanol–water partition coefficient (Wildman–Crippen LogP) is 1.28. The molecule has 0 aliphatic carbocycles. The van der Waals surface area contributed by atoms with Crippen LogP contribution >= 0.6 is 0 Å². The Bertz CT molecular complexity index is 593. The van der Waals surface area contributed by atoms with Crippen molar-refractivity contribution in [3.63, 3.8) is 0 Å². The molecule has 0 aliphatic rings. The van der Waals surface area contributed by atoms with Gasteiger partial charge in [0.05, 0.1) is 13.0 Å². The molecule has 0 fully saturated rings. The number of hydrogen-bond donors (Lipinski definition) is 2. The van der Waals surface area contributed by atoms with Gasteiger partial charge in [0.2, 0.25) is 11.8 Å². The molecule has 2 amide bonds. The van der Waals surface area contributed by atoms with Gasteiger partial charge in [0.25, 0.3) is 0 Å². The Morgan fingerprint density at radius 2 is 1.95 bits per heavy atom. The fourth-order valence-electron chi connectivity index (χ4n) is 1.63. The predicted molar refractivity (Wildman–Crippen MR) is 73.0 cm³/mol. The highest BCUT2D eigenvalue weighted by molar-refractivity contribution is 5.94. The third-order valence-electron chi connectivity index (χ3n) is 2.55. The summed E-state index contributed by atoms with van der Waals surface area (Å²) in [6, 6.07) is 10.9. The molecule has 0 saturated heterocycles. The zero-order chi connectivity index (χ0) is 14.4. The van der Waals surface area contributed by atoms with E-state index >= 15 is 0 Å². The minimum absolute atomic E-state index is 0.0996. The van der Waals surface area contributed by atoms with Crippen LogP contribution in [0.3, 0.4) is 0 Å². The summed E-state index contributed by atoms with van der Waals surface area (Å²) in [5.41, 5.74) is 0.900. The number of carbonyl (C=O) groups is 2. The van der Waals surface area contributed by atoms with Crippen LogP contribution in [0.25, 0.3) is 0 Å². The van der Waals surface area contributed by atoms with Gasteiger partial charge >= 0.3 is 0 Å². The van der Waals surface area contributed by atoms with E-state index in [1.54, 1.807) is 13.0 Å². The van der Waals surface area contributed by atoms with E-state index in [0.29, 0.717) is 11.6 Å². The van der Waals surface area contributed by atoms with Gasteiger partial charge in [-0.3, -0.25) is 9.59 Å². The topological polar surface area (TPSA) is 84.2 Å². The number of nitrogens with one attached hydrogen (secondary N) is 2. The normalized spacial score (nSPS) is 10.1. The van der Waals surface area contributed by atoms with E-state index in [-0.39, 0.29) is 24.8 Å². The molecule has 6 heteroatoms. The Morgan fingerprint density at radius 1 is 1.20 bits per heavy atom. The monoisotopic (exact) mass is 273 g/mol. The van der Waals surface area contributed by atoms with Crippen molar-refractivity contribution in [3.8, 4) is 0 Å². The summed E-state index contributed by atoms with van der Waals surface area (Å²) in [4.78, 5) is 23.2. The number of aryl methyl sites for hydroxylation is 1. The van der Waals surface area contributed by atoms with E-state index in [0.717, 1.165) is 5.56 Å². The van der Waals surface area contributed by atoms with Crippen molar-refractivity contribution in [2.75, 3.05) is 11.9 Å². The van der Waals surface area contributed by atoms with Gasteiger partial charge in [-0.2, -0.15) is 0 Å². The lowest BCUT2D eigenvalue weighted by molar-refractivity contribution is -0.123. The van der Waals surface area contributed by atoms with Crippen LogP contribution in [-0.2, 0) is 16.0 Å². The summed E-state index contributed by atoms with van der Waals surface area (Å²) in [5.74, 6) is 0.389. The molecule has 20 heavy (non-hydrogen) atoms. The van der Waals surface area contributed by atoms with Crippen LogP contribution in [0, 0.1) is 6.92 Å². The zero-order valence-electron chi connectivity index (χ0n) is 11.1. The fourth-order valence-corrected chi connectivity index (χ4v) is 1.63. The molecular weight excluding hydrogens is 258 g/mol. The molecule has 0 spiro atoms. The second kappa shape index (κ2) is 6.51. The van der Waals surface area contributed by atoms with Crippen LogP contribution in [-0.4, -0.2) is 23.5 Å². The first-order chi connectivity index (χ1) is 9.63. The van der Waals surface area contributed by atoms with Crippen molar-refractivity contribution in [1.29, 1.82) is 0 Å². The minimum atomic E-state index is -0.347. The first-order valence-electron chi connectivity index (χ1n) is 6.17. The largest absolute Gasteiger partial charge is 0.360 e. The highest BCUT2D eigenvalue weighted by atomic mass is 16.5. The summed E-state index contributed by atoms with van der Waals surface area (Å²) in [5, 5.41) is 8.70. The van der Waals surface area contributed by atoms with Crippen molar-refractivity contribution >= 4 is 17.6 Å². The molecule has 0 bridgehead atoms. The molecule has 0 radical (unpaired) electrons. The highest BCUT2D eigenvalue weighted by Crippen LogP contribution is 2.06. The van der Waals surface area contributed by atoms with E-state index in [2.05, 4.69) is 15.8 Å². The van der Waals surface area contributed by atoms with E-state index in [1.807, 2.05) is 30.3 Å². The summed E-state index contributed by atoms with van der Waals surface area (Å²) < 4.78 is 4.82. The Labute approximate surface area is 116 Å². The van der Waals surface area contributed by atoms with Crippen molar-refractivity contribution in [3.05, 3.63) is 47.7 Å². The number of carbonyl (C=O) groups excluding carboxylic acids is 2. The molecule has 104 valence electrons. The van der Waals surface area contributed by atoms with Crippen LogP contribution in [0.15, 0.2) is 40.9 Å². The van der Waals surface area contributed by atoms with Crippen molar-refractivity contribution in [2.24, 2.45) is 0 Å². The number of aromatic nitrogens is 1. The van der Waals surface area contributed by atoms with Gasteiger partial charge in [-0.25, -0.2) is 0 Å². The van der Waals surface area contributed by atoms with Crippen LogP contribution < -0.4 is 10.6 Å². The van der Waals surface area contributed by atoms with Gasteiger partial charge in [-0.05, 0) is 12.5 Å². The quantitative estimate of drug-likeness (QED) is 0.859. The van der Waals surface area contributed by atoms with Gasteiger partial charge < -0.3 is 15.2 Å². The number of amides is 2. The Hall–Kier alpha value is -2.63. The maximum absolute atomic E-state index is 11.6. The van der Waals surface area contributed by atoms with E-state index in [4.69, 9.17) is 4.52 Å². The Kier molecular flexibility index (Phi) is 4.49. The third-order valence-corrected chi connectivity index (χ3v) is 2.55. The molecule has 1 aromatic carbocycles. The number of nitrogens with zero attached hydrogens (tertiary/aromatic N) is 1. The summed E-state index contributed by atoms with van der Waals surface area (Å²) in [7, 11) is 0. The molecule has 2 rings (SSSR count). The standard InChI is InChI=1S/C14H15N3O3/c1-10-7-12(17-20-10)16-14(19)9-15-13(18)8-11-5-3-2-4-6-11/h2-7H,8-9H2,1H3,(H,15,18)(H,16,17,19). The molecule has 0 unspecified atom stereocenters. The first-order valence-corrected chi connectivity index (χ1v) is 6.17. The van der Waals surface area contributed by atoms with Crippen LogP contribution in [0.4, 0.5) is 5.82 Å². The lowest BCUT2D eigenvalue weighted by Crippen LogP contribution is -2.33. The number of benzene rings is 1. The molecule has 0 aliphatic heterocycles. The smallest absolute Gasteiger partial charge is 0.245 e. The van der Waals surface area contributed by atoms with Crippen molar-refractivity contribution in [1.82, 2.24) is 10.5 Å². The zero-order valence-corrected chi connectivity index (χ0v) is 11.1. The van der Waals surface area contributed by atoms with Crippen LogP contribution in [0.1, 0.15) is 11.3 Å². The second-order valence-electron chi connectivity index (χ2n) is 4.31. The second-order valence-corrected chi connectivity index (χ2v) is 4.31. The van der Waals surface area contributed by atoms with E-state index < -0.39 is 0 Å². The lowest BCUT2D eigenvalue weighted by Gasteiger charge is -2.05. The average molecular weight is 273 g/mol. The van der Waals surface area contributed by atoms with Gasteiger partial charge in [0.1, 0.15) is 5.76 Å². The number of rotatable bonds is 5. The molecule has 2 N–H and O–H groups in total. The number of anilines is 1. The highest BCUT2D eigenvalue weighted by Gasteiger charge is 2.08. The molecule has 2 aromatic rings. The molecule has 0 atom stereocenters.